The normalized spacial score (nSPS) is 11.2. The van der Waals surface area contributed by atoms with Gasteiger partial charge in [-0.3, -0.25) is 14.3 Å². The maximum absolute atomic E-state index is 12.8. The molecule has 29 heavy (non-hydrogen) atoms. The van der Waals surface area contributed by atoms with Crippen molar-refractivity contribution in [1.82, 2.24) is 14.3 Å². The van der Waals surface area contributed by atoms with E-state index in [-0.39, 0.29) is 23.6 Å². The van der Waals surface area contributed by atoms with Crippen LogP contribution in [-0.2, 0) is 16.6 Å². The molecule has 0 saturated carbocycles. The minimum atomic E-state index is -0.563. The molecule has 2 aromatic rings. The molecule has 0 bridgehead atoms. The van der Waals surface area contributed by atoms with Crippen LogP contribution in [0.4, 0.5) is 10.5 Å². The smallest absolute Gasteiger partial charge is 0.410 e. The molecule has 8 heteroatoms. The fourth-order valence-electron chi connectivity index (χ4n) is 2.82. The molecule has 1 heterocycles. The summed E-state index contributed by atoms with van der Waals surface area (Å²) in [5.74, 6) is -0.270. The molecule has 1 aromatic carbocycles. The minimum absolute atomic E-state index is 0.187. The summed E-state index contributed by atoms with van der Waals surface area (Å²) in [6.07, 6.45) is 0.217. The SMILES string of the molecule is Cc1c(NC(=O)CCCN(C)C(=O)OC(C)(C)C)c(=O)n(-c2ccccc2)n1C. The summed E-state index contributed by atoms with van der Waals surface area (Å²) in [6, 6.07) is 9.24. The van der Waals surface area contributed by atoms with Crippen molar-refractivity contribution >= 4 is 17.7 Å². The van der Waals surface area contributed by atoms with E-state index < -0.39 is 11.7 Å². The van der Waals surface area contributed by atoms with Crippen molar-refractivity contribution in [2.24, 2.45) is 7.05 Å². The van der Waals surface area contributed by atoms with Crippen LogP contribution in [0.3, 0.4) is 0 Å². The van der Waals surface area contributed by atoms with Gasteiger partial charge in [-0.1, -0.05) is 18.2 Å². The van der Waals surface area contributed by atoms with Gasteiger partial charge in [0, 0.05) is 27.1 Å². The van der Waals surface area contributed by atoms with Crippen LogP contribution in [0.5, 0.6) is 0 Å². The summed E-state index contributed by atoms with van der Waals surface area (Å²) in [4.78, 5) is 38.5. The summed E-state index contributed by atoms with van der Waals surface area (Å²) in [7, 11) is 3.40. The Morgan fingerprint density at radius 2 is 1.79 bits per heavy atom. The van der Waals surface area contributed by atoms with Crippen molar-refractivity contribution in [3.8, 4) is 5.69 Å². The maximum Gasteiger partial charge on any atom is 0.410 e. The topological polar surface area (TPSA) is 85.6 Å². The van der Waals surface area contributed by atoms with Gasteiger partial charge in [0.2, 0.25) is 5.91 Å². The molecule has 1 aromatic heterocycles. The highest BCUT2D eigenvalue weighted by atomic mass is 16.6. The number of rotatable bonds is 6. The molecule has 2 amide bonds. The highest BCUT2D eigenvalue weighted by Gasteiger charge is 2.20. The first-order chi connectivity index (χ1) is 13.5. The zero-order valence-electron chi connectivity index (χ0n) is 18.0. The van der Waals surface area contributed by atoms with E-state index in [1.54, 1.807) is 46.5 Å². The van der Waals surface area contributed by atoms with Crippen LogP contribution in [0.25, 0.3) is 5.69 Å². The van der Waals surface area contributed by atoms with Gasteiger partial charge >= 0.3 is 6.09 Å². The van der Waals surface area contributed by atoms with Crippen molar-refractivity contribution in [3.63, 3.8) is 0 Å². The molecule has 0 saturated heterocycles. The lowest BCUT2D eigenvalue weighted by Crippen LogP contribution is -2.35. The van der Waals surface area contributed by atoms with E-state index in [0.29, 0.717) is 18.7 Å². The highest BCUT2D eigenvalue weighted by molar-refractivity contribution is 5.91. The van der Waals surface area contributed by atoms with E-state index in [1.807, 2.05) is 30.3 Å². The van der Waals surface area contributed by atoms with Gasteiger partial charge in [0.1, 0.15) is 11.3 Å². The van der Waals surface area contributed by atoms with E-state index in [9.17, 15) is 14.4 Å². The Bertz CT molecular complexity index is 923. The van der Waals surface area contributed by atoms with E-state index in [2.05, 4.69) is 5.32 Å². The zero-order chi connectivity index (χ0) is 21.8. The Morgan fingerprint density at radius 1 is 1.17 bits per heavy atom. The first-order valence-corrected chi connectivity index (χ1v) is 9.59. The van der Waals surface area contributed by atoms with Gasteiger partial charge < -0.3 is 15.0 Å². The van der Waals surface area contributed by atoms with E-state index >= 15 is 0 Å². The average Bonchev–Trinajstić information content (AvgIpc) is 2.84. The molecule has 0 atom stereocenters. The largest absolute Gasteiger partial charge is 0.444 e. The third-order valence-electron chi connectivity index (χ3n) is 4.42. The molecule has 8 nitrogen and oxygen atoms in total. The number of para-hydroxylation sites is 1. The summed E-state index contributed by atoms with van der Waals surface area (Å²) in [5, 5.41) is 2.72. The molecule has 0 aliphatic heterocycles. The van der Waals surface area contributed by atoms with Crippen LogP contribution in [0.15, 0.2) is 35.1 Å². The molecular formula is C21H30N4O4. The highest BCUT2D eigenvalue weighted by Crippen LogP contribution is 2.14. The molecule has 0 aliphatic rings. The first kappa shape index (κ1) is 22.3. The molecule has 2 rings (SSSR count). The summed E-state index contributed by atoms with van der Waals surface area (Å²) >= 11 is 0. The monoisotopic (exact) mass is 402 g/mol. The average molecular weight is 402 g/mol. The summed E-state index contributed by atoms with van der Waals surface area (Å²) in [6.45, 7) is 7.57. The maximum atomic E-state index is 12.8. The number of nitrogens with zero attached hydrogens (tertiary/aromatic N) is 3. The Balaban J connectivity index is 1.98. The van der Waals surface area contributed by atoms with E-state index in [1.165, 1.54) is 9.58 Å². The number of aromatic nitrogens is 2. The van der Waals surface area contributed by atoms with Crippen LogP contribution < -0.4 is 10.9 Å². The molecule has 0 aliphatic carbocycles. The lowest BCUT2D eigenvalue weighted by atomic mass is 10.2. The van der Waals surface area contributed by atoms with Gasteiger partial charge in [-0.25, -0.2) is 9.48 Å². The Labute approximate surface area is 171 Å². The number of hydrogen-bond acceptors (Lipinski definition) is 4. The minimum Gasteiger partial charge on any atom is -0.444 e. The van der Waals surface area contributed by atoms with Crippen molar-refractivity contribution < 1.29 is 14.3 Å². The summed E-state index contributed by atoms with van der Waals surface area (Å²) < 4.78 is 8.51. The van der Waals surface area contributed by atoms with Crippen LogP contribution >= 0.6 is 0 Å². The number of carbonyl (C=O) groups is 2. The predicted octanol–water partition coefficient (Wildman–Crippen LogP) is 3.07. The van der Waals surface area contributed by atoms with Crippen molar-refractivity contribution in [3.05, 3.63) is 46.4 Å². The lowest BCUT2D eigenvalue weighted by molar-refractivity contribution is -0.116. The Kier molecular flexibility index (Phi) is 6.89. The van der Waals surface area contributed by atoms with E-state index in [0.717, 1.165) is 5.69 Å². The Hall–Kier alpha value is -3.03. The van der Waals surface area contributed by atoms with Crippen LogP contribution in [0, 0.1) is 6.92 Å². The van der Waals surface area contributed by atoms with E-state index in [4.69, 9.17) is 4.74 Å². The standard InChI is InChI=1S/C21H30N4O4/c1-15-18(19(27)25(24(15)6)16-11-8-7-9-12-16)22-17(26)13-10-14-23(5)20(28)29-21(2,3)4/h7-9,11-12H,10,13-14H2,1-6H3,(H,22,26). The second-order valence-corrected chi connectivity index (χ2v) is 7.99. The number of nitrogens with one attached hydrogen (secondary N) is 1. The third-order valence-corrected chi connectivity index (χ3v) is 4.42. The molecule has 158 valence electrons. The fraction of sp³-hybridized carbons (Fsp3) is 0.476. The zero-order valence-corrected chi connectivity index (χ0v) is 18.0. The second-order valence-electron chi connectivity index (χ2n) is 7.99. The number of hydrogen-bond donors (Lipinski definition) is 1. The van der Waals surface area contributed by atoms with Gasteiger partial charge in [-0.15, -0.1) is 0 Å². The van der Waals surface area contributed by atoms with Crippen LogP contribution in [0.1, 0.15) is 39.3 Å². The quantitative estimate of drug-likeness (QED) is 0.805. The second kappa shape index (κ2) is 8.98. The molecular weight excluding hydrogens is 372 g/mol. The van der Waals surface area contributed by atoms with Gasteiger partial charge in [-0.2, -0.15) is 0 Å². The fourth-order valence-corrected chi connectivity index (χ4v) is 2.82. The van der Waals surface area contributed by atoms with Gasteiger partial charge in [-0.05, 0) is 46.2 Å². The number of benzene rings is 1. The first-order valence-electron chi connectivity index (χ1n) is 9.59. The van der Waals surface area contributed by atoms with Crippen LogP contribution in [0.2, 0.25) is 0 Å². The number of amides is 2. The Morgan fingerprint density at radius 3 is 2.38 bits per heavy atom. The van der Waals surface area contributed by atoms with Gasteiger partial charge in [0.15, 0.2) is 0 Å². The number of anilines is 1. The molecule has 0 unspecified atom stereocenters. The lowest BCUT2D eigenvalue weighted by Gasteiger charge is -2.24. The van der Waals surface area contributed by atoms with Crippen LogP contribution in [-0.4, -0.2) is 45.5 Å². The van der Waals surface area contributed by atoms with Crippen molar-refractivity contribution in [1.29, 1.82) is 0 Å². The van der Waals surface area contributed by atoms with Gasteiger partial charge in [0.05, 0.1) is 11.4 Å². The van der Waals surface area contributed by atoms with Crippen molar-refractivity contribution in [2.45, 2.75) is 46.1 Å². The summed E-state index contributed by atoms with van der Waals surface area (Å²) in [5.41, 5.74) is 0.810. The predicted molar refractivity (Wildman–Crippen MR) is 112 cm³/mol. The molecule has 0 spiro atoms. The number of ether oxygens (including phenoxy) is 1. The number of carbonyl (C=O) groups excluding carboxylic acids is 2. The van der Waals surface area contributed by atoms with Crippen molar-refractivity contribution in [2.75, 3.05) is 18.9 Å². The molecule has 1 N–H and O–H groups in total. The molecule has 0 radical (unpaired) electrons. The molecule has 0 fully saturated rings. The van der Waals surface area contributed by atoms with Gasteiger partial charge in [0.25, 0.3) is 5.56 Å². The third kappa shape index (κ3) is 5.73.